The van der Waals surface area contributed by atoms with E-state index in [9.17, 15) is 0 Å². The zero-order valence-corrected chi connectivity index (χ0v) is 14.7. The summed E-state index contributed by atoms with van der Waals surface area (Å²) in [6.07, 6.45) is 0. The molecule has 1 aromatic carbocycles. The Kier molecular flexibility index (Phi) is 4.50. The molecule has 0 atom stereocenters. The van der Waals surface area contributed by atoms with Gasteiger partial charge in [0.15, 0.2) is 0 Å². The molecule has 0 aliphatic rings. The number of halogens is 3. The second-order valence-electron chi connectivity index (χ2n) is 3.92. The second-order valence-corrected chi connectivity index (χ2v) is 6.42. The summed E-state index contributed by atoms with van der Waals surface area (Å²) < 4.78 is 5.01. The minimum absolute atomic E-state index is 0.707. The summed E-state index contributed by atoms with van der Waals surface area (Å²) in [6, 6.07) is 6.01. The number of rotatable bonds is 3. The fourth-order valence-electron chi connectivity index (χ4n) is 1.71. The number of hydrogen-bond acceptors (Lipinski definition) is 2. The van der Waals surface area contributed by atoms with Gasteiger partial charge in [0.25, 0.3) is 0 Å². The number of aryl methyl sites for hydroxylation is 2. The Morgan fingerprint density at radius 1 is 1.22 bits per heavy atom. The molecule has 1 aromatic heterocycles. The molecule has 3 nitrogen and oxygen atoms in total. The molecule has 0 saturated heterocycles. The standard InChI is InChI=1S/C12H12Br3N3/c1-7-11(15)10(18(2)17-7)6-16-12-8(13)4-3-5-9(12)14/h3-5,16H,6H2,1-2H3. The molecule has 0 radical (unpaired) electrons. The average molecular weight is 438 g/mol. The van der Waals surface area contributed by atoms with Crippen LogP contribution < -0.4 is 5.32 Å². The average Bonchev–Trinajstić information content (AvgIpc) is 2.54. The van der Waals surface area contributed by atoms with Crippen molar-refractivity contribution in [3.05, 3.63) is 43.0 Å². The molecular weight excluding hydrogens is 426 g/mol. The highest BCUT2D eigenvalue weighted by molar-refractivity contribution is 9.11. The second kappa shape index (κ2) is 5.75. The number of benzene rings is 1. The number of para-hydroxylation sites is 1. The minimum atomic E-state index is 0.707. The van der Waals surface area contributed by atoms with Crippen LogP contribution in [0.15, 0.2) is 31.6 Å². The van der Waals surface area contributed by atoms with Gasteiger partial charge in [-0.05, 0) is 66.8 Å². The first-order valence-electron chi connectivity index (χ1n) is 5.36. The molecule has 0 bridgehead atoms. The van der Waals surface area contributed by atoms with Crippen LogP contribution in [0.3, 0.4) is 0 Å². The molecule has 0 spiro atoms. The molecule has 0 aliphatic carbocycles. The predicted molar refractivity (Wildman–Crippen MR) is 84.8 cm³/mol. The Morgan fingerprint density at radius 2 is 1.83 bits per heavy atom. The van der Waals surface area contributed by atoms with E-state index in [2.05, 4.69) is 58.2 Å². The Morgan fingerprint density at radius 3 is 2.33 bits per heavy atom. The summed E-state index contributed by atoms with van der Waals surface area (Å²) in [6.45, 7) is 2.70. The van der Waals surface area contributed by atoms with Crippen LogP contribution in [0.4, 0.5) is 5.69 Å². The van der Waals surface area contributed by atoms with Crippen LogP contribution in [0.5, 0.6) is 0 Å². The van der Waals surface area contributed by atoms with Crippen molar-refractivity contribution in [1.82, 2.24) is 9.78 Å². The van der Waals surface area contributed by atoms with E-state index in [0.29, 0.717) is 6.54 Å². The van der Waals surface area contributed by atoms with Gasteiger partial charge in [0.1, 0.15) is 0 Å². The van der Waals surface area contributed by atoms with E-state index in [1.807, 2.05) is 36.9 Å². The van der Waals surface area contributed by atoms with Gasteiger partial charge in [0, 0.05) is 16.0 Å². The maximum atomic E-state index is 4.37. The lowest BCUT2D eigenvalue weighted by molar-refractivity contribution is 0.712. The molecule has 1 N–H and O–H groups in total. The quantitative estimate of drug-likeness (QED) is 0.758. The van der Waals surface area contributed by atoms with Gasteiger partial charge in [-0.25, -0.2) is 0 Å². The molecule has 0 saturated carbocycles. The molecule has 18 heavy (non-hydrogen) atoms. The van der Waals surface area contributed by atoms with Gasteiger partial charge in [-0.15, -0.1) is 0 Å². The SMILES string of the molecule is Cc1nn(C)c(CNc2c(Br)cccc2Br)c1Br. The third-order valence-electron chi connectivity index (χ3n) is 2.66. The predicted octanol–water partition coefficient (Wildman–Crippen LogP) is 4.63. The molecule has 96 valence electrons. The van der Waals surface area contributed by atoms with Crippen LogP contribution in [0.2, 0.25) is 0 Å². The molecule has 0 amide bonds. The van der Waals surface area contributed by atoms with E-state index in [1.54, 1.807) is 0 Å². The lowest BCUT2D eigenvalue weighted by atomic mass is 10.3. The van der Waals surface area contributed by atoms with E-state index in [4.69, 9.17) is 0 Å². The first kappa shape index (κ1) is 14.1. The summed E-state index contributed by atoms with van der Waals surface area (Å²) >= 11 is 10.6. The number of nitrogens with zero attached hydrogens (tertiary/aromatic N) is 2. The summed E-state index contributed by atoms with van der Waals surface area (Å²) in [7, 11) is 1.95. The Balaban J connectivity index is 2.22. The highest BCUT2D eigenvalue weighted by Crippen LogP contribution is 2.31. The number of anilines is 1. The first-order chi connectivity index (χ1) is 8.50. The van der Waals surface area contributed by atoms with E-state index in [1.165, 1.54) is 0 Å². The molecule has 2 aromatic rings. The van der Waals surface area contributed by atoms with Crippen molar-refractivity contribution in [2.24, 2.45) is 7.05 Å². The van der Waals surface area contributed by atoms with Crippen LogP contribution in [-0.2, 0) is 13.6 Å². The Labute approximate surface area is 131 Å². The lowest BCUT2D eigenvalue weighted by Gasteiger charge is -2.11. The zero-order chi connectivity index (χ0) is 13.3. The number of hydrogen-bond donors (Lipinski definition) is 1. The third kappa shape index (κ3) is 2.81. The summed E-state index contributed by atoms with van der Waals surface area (Å²) in [5.41, 5.74) is 3.17. The van der Waals surface area contributed by atoms with E-state index >= 15 is 0 Å². The van der Waals surface area contributed by atoms with Gasteiger partial charge in [-0.2, -0.15) is 5.10 Å². The largest absolute Gasteiger partial charge is 0.378 e. The van der Waals surface area contributed by atoms with Gasteiger partial charge in [-0.3, -0.25) is 4.68 Å². The van der Waals surface area contributed by atoms with Crippen molar-refractivity contribution in [2.75, 3.05) is 5.32 Å². The topological polar surface area (TPSA) is 29.9 Å². The van der Waals surface area contributed by atoms with Crippen molar-refractivity contribution in [3.63, 3.8) is 0 Å². The van der Waals surface area contributed by atoms with Gasteiger partial charge < -0.3 is 5.32 Å². The van der Waals surface area contributed by atoms with Crippen molar-refractivity contribution in [2.45, 2.75) is 13.5 Å². The summed E-state index contributed by atoms with van der Waals surface area (Å²) in [4.78, 5) is 0. The maximum absolute atomic E-state index is 4.37. The van der Waals surface area contributed by atoms with Crippen molar-refractivity contribution in [3.8, 4) is 0 Å². The van der Waals surface area contributed by atoms with Gasteiger partial charge in [0.2, 0.25) is 0 Å². The smallest absolute Gasteiger partial charge is 0.0739 e. The zero-order valence-electron chi connectivity index (χ0n) is 9.97. The van der Waals surface area contributed by atoms with Crippen LogP contribution in [0, 0.1) is 6.92 Å². The molecular formula is C12H12Br3N3. The highest BCUT2D eigenvalue weighted by Gasteiger charge is 2.11. The van der Waals surface area contributed by atoms with Gasteiger partial charge >= 0.3 is 0 Å². The molecule has 0 fully saturated rings. The van der Waals surface area contributed by atoms with Crippen LogP contribution >= 0.6 is 47.8 Å². The molecule has 2 rings (SSSR count). The van der Waals surface area contributed by atoms with E-state index in [0.717, 1.165) is 30.5 Å². The third-order valence-corrected chi connectivity index (χ3v) is 5.01. The number of aromatic nitrogens is 2. The van der Waals surface area contributed by atoms with Crippen LogP contribution in [0.25, 0.3) is 0 Å². The Hall–Kier alpha value is -0.330. The molecule has 1 heterocycles. The van der Waals surface area contributed by atoms with Crippen molar-refractivity contribution in [1.29, 1.82) is 0 Å². The van der Waals surface area contributed by atoms with Gasteiger partial charge in [-0.1, -0.05) is 6.07 Å². The van der Waals surface area contributed by atoms with Crippen molar-refractivity contribution < 1.29 is 0 Å². The monoisotopic (exact) mass is 435 g/mol. The maximum Gasteiger partial charge on any atom is 0.0739 e. The van der Waals surface area contributed by atoms with Crippen LogP contribution in [-0.4, -0.2) is 9.78 Å². The fourth-order valence-corrected chi connectivity index (χ4v) is 3.47. The molecule has 6 heteroatoms. The van der Waals surface area contributed by atoms with E-state index in [-0.39, 0.29) is 0 Å². The summed E-state index contributed by atoms with van der Waals surface area (Å²) in [5, 5.41) is 7.78. The first-order valence-corrected chi connectivity index (χ1v) is 7.74. The van der Waals surface area contributed by atoms with Gasteiger partial charge in [0.05, 0.1) is 28.1 Å². The molecule has 0 unspecified atom stereocenters. The van der Waals surface area contributed by atoms with E-state index < -0.39 is 0 Å². The lowest BCUT2D eigenvalue weighted by Crippen LogP contribution is -2.06. The minimum Gasteiger partial charge on any atom is -0.378 e. The fraction of sp³-hybridized carbons (Fsp3) is 0.250. The highest BCUT2D eigenvalue weighted by atomic mass is 79.9. The Bertz CT molecular complexity index is 558. The normalized spacial score (nSPS) is 10.7. The summed E-state index contributed by atoms with van der Waals surface area (Å²) in [5.74, 6) is 0. The molecule has 0 aliphatic heterocycles. The van der Waals surface area contributed by atoms with Crippen molar-refractivity contribution >= 4 is 53.5 Å². The number of nitrogens with one attached hydrogen (secondary N) is 1. The van der Waals surface area contributed by atoms with Crippen LogP contribution in [0.1, 0.15) is 11.4 Å².